The molecule has 0 aliphatic rings. The SMILES string of the molecule is Cn1ccc(C(=O)Nc2cccc(CCCO)c2)n1. The summed E-state index contributed by atoms with van der Waals surface area (Å²) in [5.74, 6) is -0.222. The summed E-state index contributed by atoms with van der Waals surface area (Å²) in [5, 5.41) is 15.7. The van der Waals surface area contributed by atoms with Gasteiger partial charge in [0, 0.05) is 25.5 Å². The lowest BCUT2D eigenvalue weighted by atomic mass is 10.1. The lowest BCUT2D eigenvalue weighted by Crippen LogP contribution is -2.13. The van der Waals surface area contributed by atoms with Crippen LogP contribution in [-0.2, 0) is 13.5 Å². The van der Waals surface area contributed by atoms with Crippen LogP contribution in [0.5, 0.6) is 0 Å². The Morgan fingerprint density at radius 2 is 2.26 bits per heavy atom. The van der Waals surface area contributed by atoms with Gasteiger partial charge in [-0.25, -0.2) is 0 Å². The smallest absolute Gasteiger partial charge is 0.276 e. The van der Waals surface area contributed by atoms with E-state index >= 15 is 0 Å². The summed E-state index contributed by atoms with van der Waals surface area (Å²) in [5.41, 5.74) is 2.22. The molecule has 2 aromatic rings. The van der Waals surface area contributed by atoms with E-state index in [9.17, 15) is 4.79 Å². The van der Waals surface area contributed by atoms with Gasteiger partial charge in [0.1, 0.15) is 0 Å². The van der Waals surface area contributed by atoms with Gasteiger partial charge in [-0.2, -0.15) is 5.10 Å². The van der Waals surface area contributed by atoms with E-state index in [2.05, 4.69) is 10.4 Å². The van der Waals surface area contributed by atoms with E-state index in [1.807, 2.05) is 24.3 Å². The molecular formula is C14H17N3O2. The summed E-state index contributed by atoms with van der Waals surface area (Å²) in [7, 11) is 1.77. The zero-order chi connectivity index (χ0) is 13.7. The standard InChI is InChI=1S/C14H17N3O2/c1-17-8-7-13(16-17)14(19)15-12-6-2-4-11(10-12)5-3-9-18/h2,4,6-8,10,18H,3,5,9H2,1H3,(H,15,19). The number of aromatic nitrogens is 2. The average Bonchev–Trinajstić information content (AvgIpc) is 2.83. The van der Waals surface area contributed by atoms with E-state index in [-0.39, 0.29) is 12.5 Å². The molecule has 0 aliphatic carbocycles. The molecule has 0 radical (unpaired) electrons. The third-order valence-corrected chi connectivity index (χ3v) is 2.75. The molecule has 2 N–H and O–H groups in total. The van der Waals surface area contributed by atoms with E-state index in [4.69, 9.17) is 5.11 Å². The molecule has 1 aromatic heterocycles. The molecule has 19 heavy (non-hydrogen) atoms. The molecule has 0 unspecified atom stereocenters. The Kier molecular flexibility index (Phi) is 4.30. The highest BCUT2D eigenvalue weighted by Crippen LogP contribution is 2.13. The zero-order valence-corrected chi connectivity index (χ0v) is 10.8. The van der Waals surface area contributed by atoms with E-state index in [0.29, 0.717) is 5.69 Å². The van der Waals surface area contributed by atoms with Crippen LogP contribution in [0.25, 0.3) is 0 Å². The lowest BCUT2D eigenvalue weighted by molar-refractivity contribution is 0.102. The predicted molar refractivity (Wildman–Crippen MR) is 73.0 cm³/mol. The van der Waals surface area contributed by atoms with Gasteiger partial charge in [-0.3, -0.25) is 9.48 Å². The van der Waals surface area contributed by atoms with Gasteiger partial charge in [-0.15, -0.1) is 0 Å². The second-order valence-electron chi connectivity index (χ2n) is 4.36. The topological polar surface area (TPSA) is 67.2 Å². The molecule has 0 bridgehead atoms. The molecule has 5 nitrogen and oxygen atoms in total. The number of carbonyl (C=O) groups excluding carboxylic acids is 1. The summed E-state index contributed by atoms with van der Waals surface area (Å²) >= 11 is 0. The van der Waals surface area contributed by atoms with Crippen LogP contribution in [0.1, 0.15) is 22.5 Å². The molecule has 1 heterocycles. The van der Waals surface area contributed by atoms with Crippen molar-refractivity contribution in [2.45, 2.75) is 12.8 Å². The average molecular weight is 259 g/mol. The first-order chi connectivity index (χ1) is 9.19. The van der Waals surface area contributed by atoms with Crippen LogP contribution >= 0.6 is 0 Å². The van der Waals surface area contributed by atoms with Gasteiger partial charge in [0.15, 0.2) is 5.69 Å². The second-order valence-corrected chi connectivity index (χ2v) is 4.36. The maximum absolute atomic E-state index is 11.9. The van der Waals surface area contributed by atoms with Crippen molar-refractivity contribution in [3.8, 4) is 0 Å². The number of aliphatic hydroxyl groups excluding tert-OH is 1. The summed E-state index contributed by atoms with van der Waals surface area (Å²) in [4.78, 5) is 11.9. The highest BCUT2D eigenvalue weighted by molar-refractivity contribution is 6.02. The van der Waals surface area contributed by atoms with Gasteiger partial charge >= 0.3 is 0 Å². The minimum absolute atomic E-state index is 0.171. The Balaban J connectivity index is 2.04. The van der Waals surface area contributed by atoms with Gasteiger partial charge in [-0.05, 0) is 36.6 Å². The lowest BCUT2D eigenvalue weighted by Gasteiger charge is -2.06. The number of aryl methyl sites for hydroxylation is 2. The molecule has 1 aromatic carbocycles. The number of aliphatic hydroxyl groups is 1. The van der Waals surface area contributed by atoms with E-state index in [0.717, 1.165) is 24.1 Å². The minimum atomic E-state index is -0.222. The number of nitrogens with one attached hydrogen (secondary N) is 1. The highest BCUT2D eigenvalue weighted by atomic mass is 16.2. The Bertz CT molecular complexity index is 563. The molecular weight excluding hydrogens is 242 g/mol. The van der Waals surface area contributed by atoms with Crippen LogP contribution in [0, 0.1) is 0 Å². The third kappa shape index (κ3) is 3.66. The molecule has 100 valence electrons. The van der Waals surface area contributed by atoms with Crippen LogP contribution < -0.4 is 5.32 Å². The molecule has 0 atom stereocenters. The molecule has 0 aliphatic heterocycles. The number of hydrogen-bond acceptors (Lipinski definition) is 3. The summed E-state index contributed by atoms with van der Waals surface area (Å²) in [6.07, 6.45) is 3.24. The van der Waals surface area contributed by atoms with Gasteiger partial charge in [0.05, 0.1) is 0 Å². The minimum Gasteiger partial charge on any atom is -0.396 e. The fourth-order valence-corrected chi connectivity index (χ4v) is 1.82. The van der Waals surface area contributed by atoms with Crippen molar-refractivity contribution in [1.29, 1.82) is 0 Å². The number of carbonyl (C=O) groups is 1. The molecule has 5 heteroatoms. The van der Waals surface area contributed by atoms with Gasteiger partial charge in [-0.1, -0.05) is 12.1 Å². The zero-order valence-electron chi connectivity index (χ0n) is 10.8. The molecule has 2 rings (SSSR count). The first-order valence-corrected chi connectivity index (χ1v) is 6.20. The van der Waals surface area contributed by atoms with Crippen molar-refractivity contribution in [3.63, 3.8) is 0 Å². The summed E-state index contributed by atoms with van der Waals surface area (Å²) in [6.45, 7) is 0.171. The van der Waals surface area contributed by atoms with E-state index < -0.39 is 0 Å². The highest BCUT2D eigenvalue weighted by Gasteiger charge is 2.09. The number of anilines is 1. The van der Waals surface area contributed by atoms with E-state index in [1.54, 1.807) is 24.0 Å². The van der Waals surface area contributed by atoms with Crippen LogP contribution in [0.2, 0.25) is 0 Å². The first-order valence-electron chi connectivity index (χ1n) is 6.20. The maximum atomic E-state index is 11.9. The fraction of sp³-hybridized carbons (Fsp3) is 0.286. The number of benzene rings is 1. The predicted octanol–water partition coefficient (Wildman–Crippen LogP) is 1.60. The van der Waals surface area contributed by atoms with Crippen molar-refractivity contribution >= 4 is 11.6 Å². The normalized spacial score (nSPS) is 10.4. The van der Waals surface area contributed by atoms with Crippen LogP contribution in [0.3, 0.4) is 0 Å². The molecule has 0 spiro atoms. The van der Waals surface area contributed by atoms with Gasteiger partial charge in [0.2, 0.25) is 0 Å². The number of nitrogens with zero attached hydrogens (tertiary/aromatic N) is 2. The Hall–Kier alpha value is -2.14. The van der Waals surface area contributed by atoms with Crippen molar-refractivity contribution in [2.75, 3.05) is 11.9 Å². The van der Waals surface area contributed by atoms with E-state index in [1.165, 1.54) is 0 Å². The summed E-state index contributed by atoms with van der Waals surface area (Å²) in [6, 6.07) is 9.29. The molecule has 1 amide bonds. The maximum Gasteiger partial charge on any atom is 0.276 e. The molecule has 0 saturated carbocycles. The van der Waals surface area contributed by atoms with Crippen LogP contribution in [0.4, 0.5) is 5.69 Å². The largest absolute Gasteiger partial charge is 0.396 e. The van der Waals surface area contributed by atoms with Crippen LogP contribution in [0.15, 0.2) is 36.5 Å². The quantitative estimate of drug-likeness (QED) is 0.857. The van der Waals surface area contributed by atoms with Crippen molar-refractivity contribution in [3.05, 3.63) is 47.8 Å². The Morgan fingerprint density at radius 3 is 2.95 bits per heavy atom. The number of hydrogen-bond donors (Lipinski definition) is 2. The third-order valence-electron chi connectivity index (χ3n) is 2.75. The van der Waals surface area contributed by atoms with Crippen molar-refractivity contribution in [2.24, 2.45) is 7.05 Å². The second kappa shape index (κ2) is 6.15. The monoisotopic (exact) mass is 259 g/mol. The van der Waals surface area contributed by atoms with Crippen LogP contribution in [-0.4, -0.2) is 27.4 Å². The molecule has 0 fully saturated rings. The molecule has 0 saturated heterocycles. The summed E-state index contributed by atoms with van der Waals surface area (Å²) < 4.78 is 1.59. The van der Waals surface area contributed by atoms with Gasteiger partial charge < -0.3 is 10.4 Å². The van der Waals surface area contributed by atoms with Gasteiger partial charge in [0.25, 0.3) is 5.91 Å². The number of rotatable bonds is 5. The number of amides is 1. The van der Waals surface area contributed by atoms with Crippen molar-refractivity contribution < 1.29 is 9.90 Å². The van der Waals surface area contributed by atoms with Crippen molar-refractivity contribution in [1.82, 2.24) is 9.78 Å². The fourth-order valence-electron chi connectivity index (χ4n) is 1.82. The Labute approximate surface area is 111 Å². The first kappa shape index (κ1) is 13.3. The Morgan fingerprint density at radius 1 is 1.42 bits per heavy atom.